The Bertz CT molecular complexity index is 479. The maximum Gasteiger partial charge on any atom is 0.416 e. The first kappa shape index (κ1) is 14.8. The lowest BCUT2D eigenvalue weighted by molar-refractivity contribution is 0.0803. The standard InChI is InChI=1S/C15H21FN2O2/c1-15(2,3)18(11-8-9-17-10-11)14(19)20-13-7-5-4-6-12(13)16/h4-7,11,17H,8-10H2,1-3H3. The van der Waals surface area contributed by atoms with Gasteiger partial charge in [0.1, 0.15) is 0 Å². The average molecular weight is 280 g/mol. The number of hydrogen-bond acceptors (Lipinski definition) is 3. The molecule has 0 radical (unpaired) electrons. The highest BCUT2D eigenvalue weighted by atomic mass is 19.1. The largest absolute Gasteiger partial charge is 0.416 e. The summed E-state index contributed by atoms with van der Waals surface area (Å²) in [6.45, 7) is 7.48. The van der Waals surface area contributed by atoms with Crippen LogP contribution in [0.4, 0.5) is 9.18 Å². The van der Waals surface area contributed by atoms with E-state index >= 15 is 0 Å². The van der Waals surface area contributed by atoms with E-state index in [2.05, 4.69) is 5.32 Å². The van der Waals surface area contributed by atoms with Crippen LogP contribution in [0.3, 0.4) is 0 Å². The predicted octanol–water partition coefficient (Wildman–Crippen LogP) is 2.79. The van der Waals surface area contributed by atoms with Crippen LogP contribution in [0, 0.1) is 5.82 Å². The third-order valence-corrected chi connectivity index (χ3v) is 3.35. The zero-order valence-corrected chi connectivity index (χ0v) is 12.1. The molecule has 1 saturated heterocycles. The lowest BCUT2D eigenvalue weighted by Crippen LogP contribution is -2.53. The molecule has 1 unspecified atom stereocenters. The maximum absolute atomic E-state index is 13.6. The summed E-state index contributed by atoms with van der Waals surface area (Å²) >= 11 is 0. The lowest BCUT2D eigenvalue weighted by atomic mass is 10.0. The molecule has 20 heavy (non-hydrogen) atoms. The molecule has 2 rings (SSSR count). The number of benzene rings is 1. The van der Waals surface area contributed by atoms with Gasteiger partial charge in [-0.05, 0) is 45.9 Å². The van der Waals surface area contributed by atoms with Crippen LogP contribution in [-0.4, -0.2) is 35.7 Å². The summed E-state index contributed by atoms with van der Waals surface area (Å²) in [6, 6.07) is 6.02. The molecule has 1 N–H and O–H groups in total. The van der Waals surface area contributed by atoms with Gasteiger partial charge in [0.2, 0.25) is 0 Å². The van der Waals surface area contributed by atoms with Crippen LogP contribution in [0.2, 0.25) is 0 Å². The minimum atomic E-state index is -0.528. The predicted molar refractivity (Wildman–Crippen MR) is 75.3 cm³/mol. The Balaban J connectivity index is 2.17. The summed E-state index contributed by atoms with van der Waals surface area (Å²) in [4.78, 5) is 14.1. The molecule has 1 aromatic carbocycles. The third kappa shape index (κ3) is 3.28. The van der Waals surface area contributed by atoms with Crippen molar-refractivity contribution in [2.75, 3.05) is 13.1 Å². The van der Waals surface area contributed by atoms with Gasteiger partial charge >= 0.3 is 6.09 Å². The molecule has 0 spiro atoms. The minimum absolute atomic E-state index is 0.0299. The Labute approximate surface area is 118 Å². The van der Waals surface area contributed by atoms with Crippen LogP contribution in [0.1, 0.15) is 27.2 Å². The molecule has 1 amide bonds. The number of nitrogens with zero attached hydrogens (tertiary/aromatic N) is 1. The molecule has 1 fully saturated rings. The van der Waals surface area contributed by atoms with E-state index in [4.69, 9.17) is 4.74 Å². The Hall–Kier alpha value is -1.62. The highest BCUT2D eigenvalue weighted by molar-refractivity contribution is 5.72. The number of hydrogen-bond donors (Lipinski definition) is 1. The average Bonchev–Trinajstić information content (AvgIpc) is 2.84. The minimum Gasteiger partial charge on any atom is -0.407 e. The van der Waals surface area contributed by atoms with Gasteiger partial charge in [-0.3, -0.25) is 4.90 Å². The van der Waals surface area contributed by atoms with Crippen molar-refractivity contribution in [1.82, 2.24) is 10.2 Å². The number of nitrogens with one attached hydrogen (secondary N) is 1. The molecule has 4 nitrogen and oxygen atoms in total. The van der Waals surface area contributed by atoms with E-state index in [0.29, 0.717) is 0 Å². The van der Waals surface area contributed by atoms with Gasteiger partial charge < -0.3 is 10.1 Å². The van der Waals surface area contributed by atoms with E-state index < -0.39 is 11.9 Å². The second-order valence-electron chi connectivity index (χ2n) is 5.99. The number of halogens is 1. The fraction of sp³-hybridized carbons (Fsp3) is 0.533. The summed E-state index contributed by atoms with van der Waals surface area (Å²) in [6.07, 6.45) is 0.375. The fourth-order valence-corrected chi connectivity index (χ4v) is 2.50. The van der Waals surface area contributed by atoms with Crippen LogP contribution in [0.15, 0.2) is 24.3 Å². The molecule has 1 aliphatic rings. The summed E-state index contributed by atoms with van der Waals surface area (Å²) in [5, 5.41) is 3.23. The first-order valence-corrected chi connectivity index (χ1v) is 6.86. The SMILES string of the molecule is CC(C)(C)N(C(=O)Oc1ccccc1F)C1CCNC1. The molecular formula is C15H21FN2O2. The van der Waals surface area contributed by atoms with Gasteiger partial charge in [-0.1, -0.05) is 12.1 Å². The van der Waals surface area contributed by atoms with Crippen molar-refractivity contribution in [3.8, 4) is 5.75 Å². The first-order valence-electron chi connectivity index (χ1n) is 6.86. The van der Waals surface area contributed by atoms with Gasteiger partial charge in [0.25, 0.3) is 0 Å². The molecule has 1 atom stereocenters. The van der Waals surface area contributed by atoms with Crippen LogP contribution in [0.5, 0.6) is 5.75 Å². The van der Waals surface area contributed by atoms with Crippen molar-refractivity contribution >= 4 is 6.09 Å². The van der Waals surface area contributed by atoms with E-state index in [-0.39, 0.29) is 17.3 Å². The highest BCUT2D eigenvalue weighted by Gasteiger charge is 2.36. The topological polar surface area (TPSA) is 41.6 Å². The molecule has 0 aliphatic carbocycles. The van der Waals surface area contributed by atoms with E-state index in [0.717, 1.165) is 19.5 Å². The van der Waals surface area contributed by atoms with Gasteiger partial charge in [-0.15, -0.1) is 0 Å². The monoisotopic (exact) mass is 280 g/mol. The van der Waals surface area contributed by atoms with E-state index in [1.54, 1.807) is 17.0 Å². The molecule has 5 heteroatoms. The molecule has 0 bridgehead atoms. The van der Waals surface area contributed by atoms with Gasteiger partial charge in [0.05, 0.1) is 0 Å². The number of ether oxygens (including phenoxy) is 1. The normalized spacial score (nSPS) is 18.9. The fourth-order valence-electron chi connectivity index (χ4n) is 2.50. The third-order valence-electron chi connectivity index (χ3n) is 3.35. The number of carbonyl (C=O) groups excluding carboxylic acids is 1. The van der Waals surface area contributed by atoms with E-state index in [1.807, 2.05) is 20.8 Å². The van der Waals surface area contributed by atoms with Crippen molar-refractivity contribution in [2.45, 2.75) is 38.8 Å². The van der Waals surface area contributed by atoms with Crippen molar-refractivity contribution in [1.29, 1.82) is 0 Å². The summed E-state index contributed by atoms with van der Waals surface area (Å²) in [5.74, 6) is -0.558. The van der Waals surface area contributed by atoms with Crippen LogP contribution < -0.4 is 10.1 Å². The van der Waals surface area contributed by atoms with Crippen molar-refractivity contribution in [3.63, 3.8) is 0 Å². The van der Waals surface area contributed by atoms with Gasteiger partial charge in [0.15, 0.2) is 11.6 Å². The Kier molecular flexibility index (Phi) is 4.28. The van der Waals surface area contributed by atoms with E-state index in [1.165, 1.54) is 12.1 Å². The van der Waals surface area contributed by atoms with Crippen LogP contribution >= 0.6 is 0 Å². The van der Waals surface area contributed by atoms with Crippen molar-refractivity contribution in [2.24, 2.45) is 0 Å². The number of carbonyl (C=O) groups is 1. The molecular weight excluding hydrogens is 259 g/mol. The van der Waals surface area contributed by atoms with Gasteiger partial charge in [-0.25, -0.2) is 9.18 Å². The Morgan fingerprint density at radius 3 is 2.65 bits per heavy atom. The Morgan fingerprint density at radius 1 is 1.40 bits per heavy atom. The Morgan fingerprint density at radius 2 is 2.10 bits per heavy atom. The summed E-state index contributed by atoms with van der Waals surface area (Å²) in [7, 11) is 0. The first-order chi connectivity index (χ1) is 9.39. The zero-order chi connectivity index (χ0) is 14.8. The van der Waals surface area contributed by atoms with Crippen LogP contribution in [-0.2, 0) is 0 Å². The van der Waals surface area contributed by atoms with Crippen LogP contribution in [0.25, 0.3) is 0 Å². The quantitative estimate of drug-likeness (QED) is 0.905. The molecule has 1 aromatic rings. The second kappa shape index (κ2) is 5.79. The van der Waals surface area contributed by atoms with E-state index in [9.17, 15) is 9.18 Å². The maximum atomic E-state index is 13.6. The van der Waals surface area contributed by atoms with Crippen molar-refractivity contribution < 1.29 is 13.9 Å². The second-order valence-corrected chi connectivity index (χ2v) is 5.99. The molecule has 1 heterocycles. The van der Waals surface area contributed by atoms with Gasteiger partial charge in [-0.2, -0.15) is 0 Å². The number of para-hydroxylation sites is 1. The zero-order valence-electron chi connectivity index (χ0n) is 12.1. The number of rotatable bonds is 2. The smallest absolute Gasteiger partial charge is 0.407 e. The van der Waals surface area contributed by atoms with Crippen molar-refractivity contribution in [3.05, 3.63) is 30.1 Å². The molecule has 0 aromatic heterocycles. The molecule has 110 valence electrons. The summed E-state index contributed by atoms with van der Waals surface area (Å²) in [5.41, 5.74) is -0.376. The van der Waals surface area contributed by atoms with Gasteiger partial charge in [0, 0.05) is 18.1 Å². The number of amides is 1. The molecule has 0 saturated carbocycles. The summed E-state index contributed by atoms with van der Waals surface area (Å²) < 4.78 is 18.8. The highest BCUT2D eigenvalue weighted by Crippen LogP contribution is 2.24. The lowest BCUT2D eigenvalue weighted by Gasteiger charge is -2.38. The molecule has 1 aliphatic heterocycles.